The van der Waals surface area contributed by atoms with Gasteiger partial charge in [0.2, 0.25) is 5.91 Å². The molecule has 2 aromatic rings. The maximum absolute atomic E-state index is 11.8. The van der Waals surface area contributed by atoms with Crippen molar-refractivity contribution in [2.45, 2.75) is 33.4 Å². The summed E-state index contributed by atoms with van der Waals surface area (Å²) in [6, 6.07) is 5.10. The minimum Gasteiger partial charge on any atom is -0.423 e. The number of nitrogens with one attached hydrogen (secondary N) is 1. The number of halogens is 1. The van der Waals surface area contributed by atoms with Crippen molar-refractivity contribution in [1.82, 2.24) is 10.2 Å². The lowest BCUT2D eigenvalue weighted by Gasteiger charge is -2.18. The fourth-order valence-electron chi connectivity index (χ4n) is 2.44. The number of hydrogen-bond acceptors (Lipinski definition) is 4. The fraction of sp³-hybridized carbons (Fsp3) is 0.412. The van der Waals surface area contributed by atoms with E-state index in [1.54, 1.807) is 12.1 Å². The largest absolute Gasteiger partial charge is 0.423 e. The van der Waals surface area contributed by atoms with Crippen molar-refractivity contribution in [3.63, 3.8) is 0 Å². The number of hydrogen-bond donors (Lipinski definition) is 1. The third kappa shape index (κ3) is 4.56. The lowest BCUT2D eigenvalue weighted by atomic mass is 10.1. The SMILES string of the molecule is Cc1cc2oc(=O)cc(CN(C)CC(=O)NC(C)C)c2cc1Cl. The van der Waals surface area contributed by atoms with E-state index in [0.717, 1.165) is 16.5 Å². The van der Waals surface area contributed by atoms with E-state index < -0.39 is 5.63 Å². The Morgan fingerprint density at radius 2 is 2.04 bits per heavy atom. The van der Waals surface area contributed by atoms with Gasteiger partial charge in [-0.25, -0.2) is 4.79 Å². The Balaban J connectivity index is 2.27. The first kappa shape index (κ1) is 17.5. The van der Waals surface area contributed by atoms with Crippen molar-refractivity contribution in [2.24, 2.45) is 0 Å². The van der Waals surface area contributed by atoms with Gasteiger partial charge in [-0.15, -0.1) is 0 Å². The summed E-state index contributed by atoms with van der Waals surface area (Å²) in [6.07, 6.45) is 0. The van der Waals surface area contributed by atoms with E-state index in [1.807, 2.05) is 32.7 Å². The number of likely N-dealkylation sites (N-methyl/N-ethyl adjacent to an activating group) is 1. The van der Waals surface area contributed by atoms with Gasteiger partial charge in [-0.3, -0.25) is 9.69 Å². The second kappa shape index (κ2) is 7.15. The number of rotatable bonds is 5. The molecule has 5 nitrogen and oxygen atoms in total. The number of benzene rings is 1. The molecule has 124 valence electrons. The third-order valence-corrected chi connectivity index (χ3v) is 3.82. The van der Waals surface area contributed by atoms with Gasteiger partial charge in [0, 0.05) is 29.1 Å². The minimum absolute atomic E-state index is 0.0522. The molecule has 0 saturated carbocycles. The predicted molar refractivity (Wildman–Crippen MR) is 91.8 cm³/mol. The summed E-state index contributed by atoms with van der Waals surface area (Å²) in [6.45, 7) is 6.39. The first-order valence-electron chi connectivity index (χ1n) is 7.47. The molecule has 0 atom stereocenters. The third-order valence-electron chi connectivity index (χ3n) is 3.41. The average Bonchev–Trinajstić information content (AvgIpc) is 2.39. The summed E-state index contributed by atoms with van der Waals surface area (Å²) in [4.78, 5) is 25.4. The molecule has 1 heterocycles. The summed E-state index contributed by atoms with van der Waals surface area (Å²) >= 11 is 6.18. The standard InChI is InChI=1S/C17H21ClN2O3/c1-10(2)19-16(21)9-20(4)8-12-6-17(22)23-15-5-11(3)14(18)7-13(12)15/h5-7,10H,8-9H2,1-4H3,(H,19,21). The first-order chi connectivity index (χ1) is 10.8. The van der Waals surface area contributed by atoms with Crippen LogP contribution in [0.5, 0.6) is 0 Å². The Hall–Kier alpha value is -1.85. The molecule has 1 N–H and O–H groups in total. The van der Waals surface area contributed by atoms with Crippen LogP contribution in [0.3, 0.4) is 0 Å². The zero-order valence-corrected chi connectivity index (χ0v) is 14.5. The van der Waals surface area contributed by atoms with Crippen molar-refractivity contribution < 1.29 is 9.21 Å². The van der Waals surface area contributed by atoms with Crippen LogP contribution < -0.4 is 10.9 Å². The maximum atomic E-state index is 11.8. The molecule has 0 aliphatic rings. The number of fused-ring (bicyclic) bond motifs is 1. The quantitative estimate of drug-likeness (QED) is 0.853. The summed E-state index contributed by atoms with van der Waals surface area (Å²) in [5, 5.41) is 4.25. The first-order valence-corrected chi connectivity index (χ1v) is 7.85. The van der Waals surface area contributed by atoms with Gasteiger partial charge < -0.3 is 9.73 Å². The van der Waals surface area contributed by atoms with E-state index in [0.29, 0.717) is 17.2 Å². The number of nitrogens with zero attached hydrogens (tertiary/aromatic N) is 1. The van der Waals surface area contributed by atoms with Gasteiger partial charge in [-0.2, -0.15) is 0 Å². The molecule has 2 rings (SSSR count). The zero-order valence-electron chi connectivity index (χ0n) is 13.8. The molecule has 6 heteroatoms. The molecule has 0 radical (unpaired) electrons. The molecule has 1 amide bonds. The van der Waals surface area contributed by atoms with Gasteiger partial charge in [-0.1, -0.05) is 11.6 Å². The van der Waals surface area contributed by atoms with Crippen LogP contribution in [-0.2, 0) is 11.3 Å². The van der Waals surface area contributed by atoms with E-state index in [1.165, 1.54) is 6.07 Å². The van der Waals surface area contributed by atoms with Gasteiger partial charge in [0.1, 0.15) is 5.58 Å². The Morgan fingerprint density at radius 1 is 1.35 bits per heavy atom. The van der Waals surface area contributed by atoms with Crippen LogP contribution in [0.2, 0.25) is 5.02 Å². The number of carbonyl (C=O) groups is 1. The van der Waals surface area contributed by atoms with Crippen LogP contribution in [0, 0.1) is 6.92 Å². The van der Waals surface area contributed by atoms with Crippen LogP contribution in [0.4, 0.5) is 0 Å². The zero-order chi connectivity index (χ0) is 17.1. The molecule has 0 aliphatic heterocycles. The van der Waals surface area contributed by atoms with Crippen molar-refractivity contribution >= 4 is 28.5 Å². The molecule has 0 aliphatic carbocycles. The molecular formula is C17H21ClN2O3. The lowest BCUT2D eigenvalue weighted by molar-refractivity contribution is -0.122. The highest BCUT2D eigenvalue weighted by molar-refractivity contribution is 6.32. The highest BCUT2D eigenvalue weighted by Crippen LogP contribution is 2.25. The summed E-state index contributed by atoms with van der Waals surface area (Å²) in [5.41, 5.74) is 1.74. The normalized spacial score (nSPS) is 11.4. The van der Waals surface area contributed by atoms with Gasteiger partial charge >= 0.3 is 5.63 Å². The molecule has 0 bridgehead atoms. The number of amides is 1. The van der Waals surface area contributed by atoms with Gasteiger partial charge in [0.05, 0.1) is 6.54 Å². The van der Waals surface area contributed by atoms with Crippen molar-refractivity contribution in [1.29, 1.82) is 0 Å². The summed E-state index contributed by atoms with van der Waals surface area (Å²) < 4.78 is 5.24. The monoisotopic (exact) mass is 336 g/mol. The van der Waals surface area contributed by atoms with Crippen LogP contribution in [0.15, 0.2) is 27.4 Å². The van der Waals surface area contributed by atoms with E-state index >= 15 is 0 Å². The smallest absolute Gasteiger partial charge is 0.336 e. The Labute approximate surface area is 140 Å². The second-order valence-corrected chi connectivity index (χ2v) is 6.49. The molecule has 0 unspecified atom stereocenters. The molecule has 0 spiro atoms. The van der Waals surface area contributed by atoms with Crippen molar-refractivity contribution in [2.75, 3.05) is 13.6 Å². The highest BCUT2D eigenvalue weighted by atomic mass is 35.5. The van der Waals surface area contributed by atoms with E-state index in [2.05, 4.69) is 5.32 Å². The molecule has 0 saturated heterocycles. The van der Waals surface area contributed by atoms with Gasteiger partial charge in [-0.05, 0) is 51.1 Å². The van der Waals surface area contributed by atoms with E-state index in [4.69, 9.17) is 16.0 Å². The Morgan fingerprint density at radius 3 is 2.70 bits per heavy atom. The van der Waals surface area contributed by atoms with Crippen LogP contribution in [0.1, 0.15) is 25.0 Å². The molecule has 23 heavy (non-hydrogen) atoms. The topological polar surface area (TPSA) is 62.6 Å². The molecule has 0 fully saturated rings. The van der Waals surface area contributed by atoms with E-state index in [-0.39, 0.29) is 18.5 Å². The highest BCUT2D eigenvalue weighted by Gasteiger charge is 2.13. The van der Waals surface area contributed by atoms with Gasteiger partial charge in [0.25, 0.3) is 0 Å². The molecular weight excluding hydrogens is 316 g/mol. The molecule has 1 aromatic carbocycles. The molecule has 1 aromatic heterocycles. The fourth-order valence-corrected chi connectivity index (χ4v) is 2.60. The Kier molecular flexibility index (Phi) is 5.44. The van der Waals surface area contributed by atoms with Crippen LogP contribution in [0.25, 0.3) is 11.0 Å². The predicted octanol–water partition coefficient (Wildman–Crippen LogP) is 2.71. The average molecular weight is 337 g/mol. The van der Waals surface area contributed by atoms with Crippen LogP contribution in [-0.4, -0.2) is 30.4 Å². The van der Waals surface area contributed by atoms with Crippen LogP contribution >= 0.6 is 11.6 Å². The van der Waals surface area contributed by atoms with Crippen molar-refractivity contribution in [3.05, 3.63) is 44.8 Å². The Bertz CT molecular complexity index is 783. The number of carbonyl (C=O) groups excluding carboxylic acids is 1. The van der Waals surface area contributed by atoms with Gasteiger partial charge in [0.15, 0.2) is 0 Å². The van der Waals surface area contributed by atoms with E-state index in [9.17, 15) is 9.59 Å². The van der Waals surface area contributed by atoms with Crippen molar-refractivity contribution in [3.8, 4) is 0 Å². The number of aryl methyl sites for hydroxylation is 1. The second-order valence-electron chi connectivity index (χ2n) is 6.08. The summed E-state index contributed by atoms with van der Waals surface area (Å²) in [7, 11) is 1.83. The maximum Gasteiger partial charge on any atom is 0.336 e. The summed E-state index contributed by atoms with van der Waals surface area (Å²) in [5.74, 6) is -0.0522. The lowest BCUT2D eigenvalue weighted by Crippen LogP contribution is -2.38. The minimum atomic E-state index is -0.408.